The predicted octanol–water partition coefficient (Wildman–Crippen LogP) is -0.415. The van der Waals surface area contributed by atoms with E-state index in [0.717, 1.165) is 31.9 Å². The Morgan fingerprint density at radius 3 is 3.04 bits per heavy atom. The van der Waals surface area contributed by atoms with Crippen molar-refractivity contribution in [3.8, 4) is 0 Å². The molecule has 0 bridgehead atoms. The molecule has 0 aromatic carbocycles. The highest BCUT2D eigenvalue weighted by Crippen LogP contribution is 2.14. The number of nitrogens with zero attached hydrogens (tertiary/aromatic N) is 6. The van der Waals surface area contributed by atoms with Crippen molar-refractivity contribution in [1.82, 2.24) is 24.4 Å². The molecule has 0 spiro atoms. The van der Waals surface area contributed by atoms with Gasteiger partial charge in [0.2, 0.25) is 5.95 Å². The number of rotatable bonds is 6. The highest BCUT2D eigenvalue weighted by Gasteiger charge is 2.23. The molecule has 9 heteroatoms. The van der Waals surface area contributed by atoms with Crippen molar-refractivity contribution in [2.45, 2.75) is 19.2 Å². The second kappa shape index (κ2) is 8.24. The fraction of sp³-hybridized carbons (Fsp3) is 0.562. The molecule has 0 radical (unpaired) electrons. The molecule has 3 heterocycles. The Bertz CT molecular complexity index is 678. The number of aliphatic hydroxyl groups is 1. The van der Waals surface area contributed by atoms with Gasteiger partial charge in [-0.2, -0.15) is 4.98 Å². The Kier molecular flexibility index (Phi) is 5.79. The summed E-state index contributed by atoms with van der Waals surface area (Å²) in [4.78, 5) is 16.9. The number of aromatic nitrogens is 4. The number of aliphatic hydroxyl groups excluding tert-OH is 1. The van der Waals surface area contributed by atoms with Gasteiger partial charge in [0.25, 0.3) is 0 Å². The first kappa shape index (κ1) is 17.6. The number of β-amino-alcohol motifs (C(OH)–C–C–N with tert-alkyl or cyclic N) is 1. The van der Waals surface area contributed by atoms with E-state index in [9.17, 15) is 5.11 Å². The molecule has 9 nitrogen and oxygen atoms in total. The minimum atomic E-state index is -0.483. The maximum atomic E-state index is 10.4. The van der Waals surface area contributed by atoms with E-state index in [4.69, 9.17) is 10.5 Å². The van der Waals surface area contributed by atoms with E-state index in [-0.39, 0.29) is 0 Å². The molecule has 2 aromatic heterocycles. The molecule has 0 amide bonds. The van der Waals surface area contributed by atoms with Gasteiger partial charge in [-0.05, 0) is 6.07 Å². The zero-order chi connectivity index (χ0) is 17.6. The topological polar surface area (TPSA) is 106 Å². The molecular formula is C16H25N7O2. The molecule has 1 unspecified atom stereocenters. The summed E-state index contributed by atoms with van der Waals surface area (Å²) < 4.78 is 7.22. The van der Waals surface area contributed by atoms with Crippen LogP contribution in [0.15, 0.2) is 24.8 Å². The second-order valence-electron chi connectivity index (χ2n) is 6.19. The van der Waals surface area contributed by atoms with Gasteiger partial charge in [0, 0.05) is 58.8 Å². The van der Waals surface area contributed by atoms with Crippen LogP contribution in [-0.4, -0.2) is 75.5 Å². The number of nitrogens with two attached hydrogens (primary N) is 1. The Balaban J connectivity index is 1.64. The predicted molar refractivity (Wildman–Crippen MR) is 94.0 cm³/mol. The van der Waals surface area contributed by atoms with Gasteiger partial charge in [-0.15, -0.1) is 0 Å². The van der Waals surface area contributed by atoms with Gasteiger partial charge in [0.1, 0.15) is 5.82 Å². The van der Waals surface area contributed by atoms with E-state index in [2.05, 4.69) is 24.4 Å². The number of imidazole rings is 1. The molecule has 2 aromatic rings. The smallest absolute Gasteiger partial charge is 0.227 e. The summed E-state index contributed by atoms with van der Waals surface area (Å²) in [5, 5.41) is 10.4. The lowest BCUT2D eigenvalue weighted by molar-refractivity contribution is 0.127. The SMILES string of the molecule is COCCn1cncc1CN1CCN(c2nccc(N)n2)CC(O)C1. The minimum Gasteiger partial charge on any atom is -0.390 e. The highest BCUT2D eigenvalue weighted by atomic mass is 16.5. The van der Waals surface area contributed by atoms with E-state index >= 15 is 0 Å². The first-order valence-corrected chi connectivity index (χ1v) is 8.37. The summed E-state index contributed by atoms with van der Waals surface area (Å²) in [7, 11) is 1.69. The Morgan fingerprint density at radius 2 is 2.24 bits per heavy atom. The van der Waals surface area contributed by atoms with Crippen molar-refractivity contribution in [1.29, 1.82) is 0 Å². The summed E-state index contributed by atoms with van der Waals surface area (Å²) in [6, 6.07) is 1.66. The van der Waals surface area contributed by atoms with Crippen molar-refractivity contribution in [2.24, 2.45) is 0 Å². The van der Waals surface area contributed by atoms with Crippen LogP contribution in [0.4, 0.5) is 11.8 Å². The minimum absolute atomic E-state index is 0.433. The normalized spacial score (nSPS) is 19.1. The molecule has 1 aliphatic heterocycles. The van der Waals surface area contributed by atoms with Gasteiger partial charge in [-0.25, -0.2) is 9.97 Å². The van der Waals surface area contributed by atoms with Gasteiger partial charge in [0.15, 0.2) is 0 Å². The largest absolute Gasteiger partial charge is 0.390 e. The van der Waals surface area contributed by atoms with Crippen molar-refractivity contribution in [3.05, 3.63) is 30.5 Å². The lowest BCUT2D eigenvalue weighted by Crippen LogP contribution is -2.34. The van der Waals surface area contributed by atoms with E-state index in [1.807, 2.05) is 17.4 Å². The molecule has 1 fully saturated rings. The lowest BCUT2D eigenvalue weighted by Gasteiger charge is -2.22. The third-order valence-electron chi connectivity index (χ3n) is 4.25. The summed E-state index contributed by atoms with van der Waals surface area (Å²) in [5.74, 6) is 0.994. The molecular weight excluding hydrogens is 322 g/mol. The van der Waals surface area contributed by atoms with Crippen LogP contribution < -0.4 is 10.6 Å². The number of nitrogen functional groups attached to an aromatic ring is 1. The Hall–Kier alpha value is -2.23. The van der Waals surface area contributed by atoms with Crippen LogP contribution in [0.25, 0.3) is 0 Å². The maximum absolute atomic E-state index is 10.4. The van der Waals surface area contributed by atoms with Crippen molar-refractivity contribution in [3.63, 3.8) is 0 Å². The molecule has 1 atom stereocenters. The molecule has 3 N–H and O–H groups in total. The standard InChI is InChI=1S/C16H25N7O2/c1-25-7-6-23-12-18-8-13(23)9-21-4-5-22(11-14(24)10-21)16-19-3-2-15(17)20-16/h2-3,8,12,14,24H,4-7,9-11H2,1H3,(H2,17,19,20). The van der Waals surface area contributed by atoms with Crippen LogP contribution in [0.3, 0.4) is 0 Å². The zero-order valence-electron chi connectivity index (χ0n) is 14.5. The molecule has 1 aliphatic rings. The first-order chi connectivity index (χ1) is 12.2. The van der Waals surface area contributed by atoms with Crippen LogP contribution in [0.5, 0.6) is 0 Å². The van der Waals surface area contributed by atoms with Gasteiger partial charge in [-0.1, -0.05) is 0 Å². The van der Waals surface area contributed by atoms with Crippen LogP contribution in [0.1, 0.15) is 5.69 Å². The molecule has 1 saturated heterocycles. The summed E-state index contributed by atoms with van der Waals surface area (Å²) in [6.07, 6.45) is 4.84. The number of hydrogen-bond donors (Lipinski definition) is 2. The Labute approximate surface area is 147 Å². The zero-order valence-corrected chi connectivity index (χ0v) is 14.5. The van der Waals surface area contributed by atoms with Crippen LogP contribution >= 0.6 is 0 Å². The molecule has 0 saturated carbocycles. The van der Waals surface area contributed by atoms with Gasteiger partial charge in [0.05, 0.1) is 24.7 Å². The summed E-state index contributed by atoms with van der Waals surface area (Å²) in [6.45, 7) is 4.75. The quantitative estimate of drug-likeness (QED) is 0.726. The van der Waals surface area contributed by atoms with E-state index in [0.29, 0.717) is 31.5 Å². The first-order valence-electron chi connectivity index (χ1n) is 8.37. The van der Waals surface area contributed by atoms with Crippen LogP contribution in [0, 0.1) is 0 Å². The number of hydrogen-bond acceptors (Lipinski definition) is 8. The second-order valence-corrected chi connectivity index (χ2v) is 6.19. The third kappa shape index (κ3) is 4.65. The van der Waals surface area contributed by atoms with Crippen molar-refractivity contribution >= 4 is 11.8 Å². The molecule has 0 aliphatic carbocycles. The van der Waals surface area contributed by atoms with Gasteiger partial charge >= 0.3 is 0 Å². The number of anilines is 2. The number of methoxy groups -OCH3 is 1. The van der Waals surface area contributed by atoms with Crippen LogP contribution in [0.2, 0.25) is 0 Å². The molecule has 3 rings (SSSR count). The fourth-order valence-electron chi connectivity index (χ4n) is 2.99. The Morgan fingerprint density at radius 1 is 1.36 bits per heavy atom. The van der Waals surface area contributed by atoms with Crippen molar-refractivity contribution in [2.75, 3.05) is 50.5 Å². The molecule has 25 heavy (non-hydrogen) atoms. The summed E-state index contributed by atoms with van der Waals surface area (Å²) >= 11 is 0. The van der Waals surface area contributed by atoms with Crippen LogP contribution in [-0.2, 0) is 17.8 Å². The molecule has 136 valence electrons. The van der Waals surface area contributed by atoms with E-state index in [1.54, 1.807) is 19.4 Å². The summed E-state index contributed by atoms with van der Waals surface area (Å²) in [5.41, 5.74) is 6.85. The fourth-order valence-corrected chi connectivity index (χ4v) is 2.99. The van der Waals surface area contributed by atoms with Gasteiger partial charge < -0.3 is 25.0 Å². The third-order valence-corrected chi connectivity index (χ3v) is 4.25. The average Bonchev–Trinajstić information content (AvgIpc) is 2.94. The van der Waals surface area contributed by atoms with E-state index < -0.39 is 6.10 Å². The number of ether oxygens (including phenoxy) is 1. The highest BCUT2D eigenvalue weighted by molar-refractivity contribution is 5.38. The lowest BCUT2D eigenvalue weighted by atomic mass is 10.3. The monoisotopic (exact) mass is 347 g/mol. The van der Waals surface area contributed by atoms with Gasteiger partial charge in [-0.3, -0.25) is 4.90 Å². The van der Waals surface area contributed by atoms with Crippen molar-refractivity contribution < 1.29 is 9.84 Å². The maximum Gasteiger partial charge on any atom is 0.227 e. The average molecular weight is 347 g/mol. The van der Waals surface area contributed by atoms with E-state index in [1.165, 1.54) is 0 Å².